The molecule has 0 spiro atoms. The number of esters is 1. The van der Waals surface area contributed by atoms with E-state index in [0.29, 0.717) is 27.0 Å². The highest BCUT2D eigenvalue weighted by molar-refractivity contribution is 7.13. The largest absolute Gasteiger partial charge is 0.496 e. The number of nitrogens with zero attached hydrogens (tertiary/aromatic N) is 2. The van der Waals surface area contributed by atoms with Gasteiger partial charge in [-0.2, -0.15) is 0 Å². The first kappa shape index (κ1) is 28.3. The number of carbonyl (C=O) groups excluding carboxylic acids is 3. The van der Waals surface area contributed by atoms with E-state index in [4.69, 9.17) is 25.8 Å². The molecule has 2 heterocycles. The number of likely N-dealkylation sites (N-methyl/N-ethyl adjacent to an activating group) is 1. The van der Waals surface area contributed by atoms with E-state index >= 15 is 0 Å². The fraction of sp³-hybridized carbons (Fsp3) is 0.333. The summed E-state index contributed by atoms with van der Waals surface area (Å²) in [6.07, 6.45) is 1.17. The van der Waals surface area contributed by atoms with Gasteiger partial charge in [0.15, 0.2) is 11.7 Å². The number of methoxy groups -OCH3 is 2. The van der Waals surface area contributed by atoms with Gasteiger partial charge in [-0.3, -0.25) is 9.59 Å². The molecule has 0 atom stereocenters. The Morgan fingerprint density at radius 1 is 1.13 bits per heavy atom. The summed E-state index contributed by atoms with van der Waals surface area (Å²) in [5.41, 5.74) is 2.35. The molecule has 2 amide bonds. The molecular weight excluding hydrogens is 544 g/mol. The summed E-state index contributed by atoms with van der Waals surface area (Å²) >= 11 is 7.28. The second-order valence-electron chi connectivity index (χ2n) is 8.87. The van der Waals surface area contributed by atoms with Gasteiger partial charge in [-0.05, 0) is 49.9 Å². The van der Waals surface area contributed by atoms with Gasteiger partial charge in [0.1, 0.15) is 11.5 Å². The Labute approximate surface area is 235 Å². The summed E-state index contributed by atoms with van der Waals surface area (Å²) < 4.78 is 16.2. The molecule has 1 aromatic heterocycles. The van der Waals surface area contributed by atoms with Gasteiger partial charge in [0, 0.05) is 47.1 Å². The summed E-state index contributed by atoms with van der Waals surface area (Å²) in [4.78, 5) is 45.4. The topological polar surface area (TPSA) is 119 Å². The van der Waals surface area contributed by atoms with E-state index in [2.05, 4.69) is 20.5 Å². The van der Waals surface area contributed by atoms with Crippen molar-refractivity contribution in [1.29, 1.82) is 0 Å². The number of benzene rings is 2. The molecule has 0 saturated carbocycles. The minimum atomic E-state index is -0.576. The molecule has 0 unspecified atom stereocenters. The third-order valence-electron chi connectivity index (χ3n) is 6.12. The minimum Gasteiger partial charge on any atom is -0.496 e. The van der Waals surface area contributed by atoms with Gasteiger partial charge in [-0.25, -0.2) is 9.78 Å². The number of nitrogens with one attached hydrogen (secondary N) is 2. The van der Waals surface area contributed by atoms with E-state index < -0.39 is 5.97 Å². The summed E-state index contributed by atoms with van der Waals surface area (Å²) in [6.45, 7) is 1.49. The number of anilines is 1. The number of rotatable bonds is 10. The van der Waals surface area contributed by atoms with Crippen molar-refractivity contribution in [2.75, 3.05) is 39.9 Å². The number of thiazole rings is 1. The molecule has 2 aromatic carbocycles. The van der Waals surface area contributed by atoms with E-state index in [1.54, 1.807) is 24.3 Å². The number of amides is 2. The molecular formula is C27H29ClN4O6S. The first-order valence-corrected chi connectivity index (χ1v) is 13.4. The Morgan fingerprint density at radius 3 is 2.59 bits per heavy atom. The molecule has 0 bridgehead atoms. The van der Waals surface area contributed by atoms with Gasteiger partial charge >= 0.3 is 5.97 Å². The SMILES string of the molecule is COC(=O)c1cc(OC)c(CCC(=O)Nc2ccc(Cl)cc2)c(OCNC(=O)c2nc3c(s2)CN(C)CC3)c1. The fourth-order valence-electron chi connectivity index (χ4n) is 4.08. The Hall–Kier alpha value is -3.67. The highest BCUT2D eigenvalue weighted by Gasteiger charge is 2.22. The zero-order chi connectivity index (χ0) is 27.9. The van der Waals surface area contributed by atoms with Crippen LogP contribution in [-0.2, 0) is 28.9 Å². The van der Waals surface area contributed by atoms with Crippen molar-refractivity contribution < 1.29 is 28.6 Å². The standard InChI is InChI=1S/C27H29ClN4O6S/c1-32-11-10-20-23(14-32)39-26(31-20)25(34)29-15-38-22-13-16(27(35)37-3)12-21(36-2)19(22)8-9-24(33)30-18-6-4-17(28)5-7-18/h4-7,12-13H,8-11,14-15H2,1-3H3,(H,29,34)(H,30,33). The van der Waals surface area contributed by atoms with Crippen molar-refractivity contribution in [3.63, 3.8) is 0 Å². The van der Waals surface area contributed by atoms with Crippen LogP contribution >= 0.6 is 22.9 Å². The molecule has 39 heavy (non-hydrogen) atoms. The zero-order valence-corrected chi connectivity index (χ0v) is 23.4. The predicted octanol–water partition coefficient (Wildman–Crippen LogP) is 3.92. The molecule has 1 aliphatic rings. The summed E-state index contributed by atoms with van der Waals surface area (Å²) in [5, 5.41) is 6.48. The van der Waals surface area contributed by atoms with Gasteiger partial charge in [-0.15, -0.1) is 11.3 Å². The van der Waals surface area contributed by atoms with Crippen molar-refractivity contribution in [3.8, 4) is 11.5 Å². The van der Waals surface area contributed by atoms with Crippen LogP contribution in [0, 0.1) is 0 Å². The highest BCUT2D eigenvalue weighted by atomic mass is 35.5. The van der Waals surface area contributed by atoms with Crippen LogP contribution < -0.4 is 20.1 Å². The van der Waals surface area contributed by atoms with Gasteiger partial charge in [0.2, 0.25) is 5.91 Å². The summed E-state index contributed by atoms with van der Waals surface area (Å²) in [6, 6.07) is 9.82. The van der Waals surface area contributed by atoms with Gasteiger partial charge in [-0.1, -0.05) is 11.6 Å². The number of halogens is 1. The number of ether oxygens (including phenoxy) is 3. The van der Waals surface area contributed by atoms with Crippen LogP contribution in [-0.4, -0.2) is 62.2 Å². The monoisotopic (exact) mass is 572 g/mol. The maximum Gasteiger partial charge on any atom is 0.338 e. The smallest absolute Gasteiger partial charge is 0.338 e. The third kappa shape index (κ3) is 7.25. The van der Waals surface area contributed by atoms with E-state index in [-0.39, 0.29) is 42.7 Å². The molecule has 206 valence electrons. The zero-order valence-electron chi connectivity index (χ0n) is 21.8. The minimum absolute atomic E-state index is 0.110. The van der Waals surface area contributed by atoms with Crippen molar-refractivity contribution in [2.45, 2.75) is 25.8 Å². The van der Waals surface area contributed by atoms with E-state index in [0.717, 1.165) is 30.1 Å². The maximum absolute atomic E-state index is 12.8. The number of hydrogen-bond acceptors (Lipinski definition) is 9. The van der Waals surface area contributed by atoms with Crippen LogP contribution in [0.4, 0.5) is 5.69 Å². The van der Waals surface area contributed by atoms with Crippen molar-refractivity contribution in [1.82, 2.24) is 15.2 Å². The van der Waals surface area contributed by atoms with E-state index in [1.165, 1.54) is 37.7 Å². The fourth-order valence-corrected chi connectivity index (χ4v) is 5.31. The lowest BCUT2D eigenvalue weighted by molar-refractivity contribution is -0.116. The molecule has 12 heteroatoms. The Bertz CT molecular complexity index is 1360. The van der Waals surface area contributed by atoms with Crippen LogP contribution in [0.25, 0.3) is 0 Å². The molecule has 0 fully saturated rings. The van der Waals surface area contributed by atoms with E-state index in [9.17, 15) is 14.4 Å². The van der Waals surface area contributed by atoms with E-state index in [1.807, 2.05) is 7.05 Å². The number of hydrogen-bond donors (Lipinski definition) is 2. The quantitative estimate of drug-likeness (QED) is 0.277. The van der Waals surface area contributed by atoms with Crippen molar-refractivity contribution in [2.24, 2.45) is 0 Å². The van der Waals surface area contributed by atoms with Crippen LogP contribution in [0.5, 0.6) is 11.5 Å². The average molecular weight is 573 g/mol. The van der Waals surface area contributed by atoms with Crippen LogP contribution in [0.2, 0.25) is 5.02 Å². The molecule has 0 radical (unpaired) electrons. The molecule has 0 saturated heterocycles. The molecule has 3 aromatic rings. The molecule has 10 nitrogen and oxygen atoms in total. The lowest BCUT2D eigenvalue weighted by atomic mass is 10.0. The first-order chi connectivity index (χ1) is 18.8. The lowest BCUT2D eigenvalue weighted by Crippen LogP contribution is -2.28. The second kappa shape index (κ2) is 12.9. The molecule has 4 rings (SSSR count). The Balaban J connectivity index is 1.45. The molecule has 0 aliphatic carbocycles. The summed E-state index contributed by atoms with van der Waals surface area (Å²) in [5.74, 6) is -0.511. The van der Waals surface area contributed by atoms with Crippen LogP contribution in [0.3, 0.4) is 0 Å². The normalized spacial score (nSPS) is 12.8. The number of carbonyl (C=O) groups is 3. The predicted molar refractivity (Wildman–Crippen MR) is 148 cm³/mol. The average Bonchev–Trinajstić information content (AvgIpc) is 3.36. The van der Waals surface area contributed by atoms with Crippen molar-refractivity contribution >= 4 is 46.4 Å². The first-order valence-electron chi connectivity index (χ1n) is 12.2. The van der Waals surface area contributed by atoms with Gasteiger partial charge < -0.3 is 29.7 Å². The Kier molecular flexibility index (Phi) is 9.39. The maximum atomic E-state index is 12.8. The number of aromatic nitrogens is 1. The molecule has 2 N–H and O–H groups in total. The number of fused-ring (bicyclic) bond motifs is 1. The van der Waals surface area contributed by atoms with Crippen LogP contribution in [0.1, 0.15) is 42.7 Å². The highest BCUT2D eigenvalue weighted by Crippen LogP contribution is 2.32. The van der Waals surface area contributed by atoms with Crippen molar-refractivity contribution in [3.05, 3.63) is 68.1 Å². The van der Waals surface area contributed by atoms with Gasteiger partial charge in [0.05, 0.1) is 25.5 Å². The summed E-state index contributed by atoms with van der Waals surface area (Å²) in [7, 11) is 4.77. The lowest BCUT2D eigenvalue weighted by Gasteiger charge is -2.20. The Morgan fingerprint density at radius 2 is 1.87 bits per heavy atom. The molecule has 1 aliphatic heterocycles. The second-order valence-corrected chi connectivity index (χ2v) is 10.4. The van der Waals surface area contributed by atoms with Gasteiger partial charge in [0.25, 0.3) is 5.91 Å². The van der Waals surface area contributed by atoms with Crippen LogP contribution in [0.15, 0.2) is 36.4 Å². The third-order valence-corrected chi connectivity index (χ3v) is 7.45.